The summed E-state index contributed by atoms with van der Waals surface area (Å²) in [4.78, 5) is 24.5. The number of hydrogen-bond acceptors (Lipinski definition) is 15. The average Bonchev–Trinajstić information content (AvgIpc) is 3.79. The highest BCUT2D eigenvalue weighted by Gasteiger charge is 2.49. The van der Waals surface area contributed by atoms with Crippen molar-refractivity contribution in [3.05, 3.63) is 88.5 Å². The average molecular weight is 857 g/mol. The van der Waals surface area contributed by atoms with Gasteiger partial charge < -0.3 is 47.7 Å². The minimum atomic E-state index is -2.10. The highest BCUT2D eigenvalue weighted by molar-refractivity contribution is 7.00. The van der Waals surface area contributed by atoms with Crippen molar-refractivity contribution in [1.82, 2.24) is 8.75 Å². The van der Waals surface area contributed by atoms with Crippen molar-refractivity contribution in [3.8, 4) is 46.0 Å². The highest BCUT2D eigenvalue weighted by atomic mass is 32.1. The number of aromatic nitrogens is 2. The molecule has 15 heteroatoms. The second-order valence-corrected chi connectivity index (χ2v) is 15.9. The number of ether oxygens (including phenoxy) is 9. The van der Waals surface area contributed by atoms with E-state index >= 15 is 0 Å². The molecule has 324 valence electrons. The summed E-state index contributed by atoms with van der Waals surface area (Å²) in [5.74, 6) is 1.24. The minimum Gasteiger partial charge on any atom is -0.493 e. The quantitative estimate of drug-likeness (QED) is 0.0787. The van der Waals surface area contributed by atoms with Crippen LogP contribution in [0.3, 0.4) is 0 Å². The van der Waals surface area contributed by atoms with E-state index < -0.39 is 11.8 Å². The molecule has 1 N–H and O–H groups in total. The molecule has 4 aromatic carbocycles. The molecule has 3 heterocycles. The summed E-state index contributed by atoms with van der Waals surface area (Å²) in [7, 11) is 3.09. The lowest BCUT2D eigenvalue weighted by Gasteiger charge is -2.28. The number of rotatable bonds is 15. The van der Waals surface area contributed by atoms with Gasteiger partial charge in [0.2, 0.25) is 11.5 Å². The van der Waals surface area contributed by atoms with Crippen LogP contribution in [0.4, 0.5) is 0 Å². The van der Waals surface area contributed by atoms with E-state index in [1.807, 2.05) is 67.5 Å². The number of methoxy groups -OCH3 is 2. The minimum absolute atomic E-state index is 0.00417. The number of carbonyl (C=O) groups is 2. The van der Waals surface area contributed by atoms with Crippen LogP contribution in [0.25, 0.3) is 16.6 Å². The summed E-state index contributed by atoms with van der Waals surface area (Å²) in [6, 6.07) is 17.3. The summed E-state index contributed by atoms with van der Waals surface area (Å²) in [5, 5.41) is 12.3. The second-order valence-electron chi connectivity index (χ2n) is 15.4. The van der Waals surface area contributed by atoms with Gasteiger partial charge in [-0.1, -0.05) is 6.07 Å². The SMILES string of the molecule is COc1cc(C=O)cc(OC(C)C)c1OC(C)C.COc1cc(CC2=C(c3ccc4nsnc4c3)C(=O)OC2(O)c2ccc3c(c2)OCCO3)cc(OC(C)C)c1OC(C)C. The lowest BCUT2D eigenvalue weighted by molar-refractivity contribution is -0.185. The molecule has 0 bridgehead atoms. The van der Waals surface area contributed by atoms with Crippen LogP contribution in [0.15, 0.2) is 66.2 Å². The Balaban J connectivity index is 0.000000291. The van der Waals surface area contributed by atoms with E-state index in [1.54, 1.807) is 55.6 Å². The first-order chi connectivity index (χ1) is 29.1. The van der Waals surface area contributed by atoms with Crippen LogP contribution in [0, 0.1) is 0 Å². The van der Waals surface area contributed by atoms with Crippen LogP contribution in [-0.2, 0) is 21.7 Å². The molecule has 7 rings (SSSR count). The van der Waals surface area contributed by atoms with Crippen molar-refractivity contribution in [1.29, 1.82) is 0 Å². The van der Waals surface area contributed by atoms with E-state index in [2.05, 4.69) is 8.75 Å². The molecular weight excluding hydrogens is 805 g/mol. The van der Waals surface area contributed by atoms with Gasteiger partial charge in [0.1, 0.15) is 30.5 Å². The molecule has 1 aromatic heterocycles. The van der Waals surface area contributed by atoms with Gasteiger partial charge in [-0.25, -0.2) is 4.79 Å². The second kappa shape index (κ2) is 19.1. The Hall–Kier alpha value is -6.06. The number of esters is 1. The molecule has 0 radical (unpaired) electrons. The molecule has 2 aliphatic rings. The van der Waals surface area contributed by atoms with E-state index in [-0.39, 0.29) is 36.4 Å². The maximum atomic E-state index is 13.6. The third-order valence-electron chi connectivity index (χ3n) is 9.14. The maximum Gasteiger partial charge on any atom is 0.342 e. The molecule has 0 fully saturated rings. The molecule has 0 aliphatic carbocycles. The smallest absolute Gasteiger partial charge is 0.342 e. The van der Waals surface area contributed by atoms with Crippen LogP contribution in [0.5, 0.6) is 46.0 Å². The predicted molar refractivity (Wildman–Crippen MR) is 230 cm³/mol. The van der Waals surface area contributed by atoms with Gasteiger partial charge in [-0.2, -0.15) is 8.75 Å². The summed E-state index contributed by atoms with van der Waals surface area (Å²) >= 11 is 1.09. The predicted octanol–water partition coefficient (Wildman–Crippen LogP) is 8.53. The van der Waals surface area contributed by atoms with Gasteiger partial charge in [0.25, 0.3) is 5.79 Å². The molecule has 5 aromatic rings. The lowest BCUT2D eigenvalue weighted by Crippen LogP contribution is -2.30. The van der Waals surface area contributed by atoms with Gasteiger partial charge in [0.05, 0.1) is 55.9 Å². The number of aliphatic hydroxyl groups is 1. The molecule has 61 heavy (non-hydrogen) atoms. The number of cyclic esters (lactones) is 1. The summed E-state index contributed by atoms with van der Waals surface area (Å²) in [6.45, 7) is 16.2. The molecule has 14 nitrogen and oxygen atoms in total. The van der Waals surface area contributed by atoms with E-state index in [9.17, 15) is 14.7 Å². The molecule has 0 spiro atoms. The van der Waals surface area contributed by atoms with E-state index in [1.165, 1.54) is 7.11 Å². The first kappa shape index (κ1) is 44.5. The molecule has 0 saturated carbocycles. The van der Waals surface area contributed by atoms with Crippen LogP contribution in [-0.4, -0.2) is 78.0 Å². The molecule has 2 aliphatic heterocycles. The number of benzene rings is 4. The third kappa shape index (κ3) is 10.1. The topological polar surface area (TPSA) is 163 Å². The molecule has 1 atom stereocenters. The standard InChI is InChI=1S/C32H32N2O8S.C14H20O4/c1-17(2)40-28-14-19(13-27(37-5)30(28)41-18(3)4)12-22-29(20-6-8-23-24(15-20)34-43-33-23)31(35)42-32(22,36)21-7-9-25-26(16-21)39-11-10-38-25;1-9(2)17-13-7-11(8-15)6-12(16-5)14(13)18-10(3)4/h6-9,13-18,36H,10-12H2,1-5H3;6-10H,1-5H3. The van der Waals surface area contributed by atoms with E-state index in [4.69, 9.17) is 42.6 Å². The monoisotopic (exact) mass is 856 g/mol. The van der Waals surface area contributed by atoms with Gasteiger partial charge in [0, 0.05) is 23.1 Å². The summed E-state index contributed by atoms with van der Waals surface area (Å²) in [5.41, 5.74) is 4.02. The van der Waals surface area contributed by atoms with Crippen molar-refractivity contribution in [2.75, 3.05) is 27.4 Å². The number of aldehydes is 1. The van der Waals surface area contributed by atoms with Gasteiger partial charge in [-0.3, -0.25) is 4.79 Å². The summed E-state index contributed by atoms with van der Waals surface area (Å²) in [6.07, 6.45) is 0.594. The highest BCUT2D eigenvalue weighted by Crippen LogP contribution is 2.48. The first-order valence-corrected chi connectivity index (χ1v) is 20.7. The first-order valence-electron chi connectivity index (χ1n) is 20.0. The molecular formula is C46H52N2O12S. The third-order valence-corrected chi connectivity index (χ3v) is 9.70. The number of hydrogen-bond donors (Lipinski definition) is 1. The van der Waals surface area contributed by atoms with E-state index in [0.29, 0.717) is 98.1 Å². The Kier molecular flexibility index (Phi) is 13.9. The zero-order chi connectivity index (χ0) is 44.0. The fraction of sp³-hybridized carbons (Fsp3) is 0.391. The lowest BCUT2D eigenvalue weighted by atomic mass is 9.87. The van der Waals surface area contributed by atoms with E-state index in [0.717, 1.165) is 18.0 Å². The Bertz CT molecular complexity index is 2410. The number of fused-ring (bicyclic) bond motifs is 2. The van der Waals surface area contributed by atoms with Crippen LogP contribution < -0.4 is 37.9 Å². The summed E-state index contributed by atoms with van der Waals surface area (Å²) < 4.78 is 60.4. The van der Waals surface area contributed by atoms with Gasteiger partial charge >= 0.3 is 5.97 Å². The Labute approximate surface area is 359 Å². The van der Waals surface area contributed by atoms with Gasteiger partial charge in [-0.05, 0) is 121 Å². The number of carbonyl (C=O) groups excluding carboxylic acids is 2. The fourth-order valence-corrected chi connectivity index (χ4v) is 7.27. The van der Waals surface area contributed by atoms with Crippen molar-refractivity contribution in [2.45, 2.75) is 92.0 Å². The van der Waals surface area contributed by atoms with Crippen LogP contribution in [0.1, 0.15) is 82.4 Å². The van der Waals surface area contributed by atoms with Gasteiger partial charge in [0.15, 0.2) is 34.5 Å². The zero-order valence-electron chi connectivity index (χ0n) is 36.0. The Morgan fingerprint density at radius 3 is 1.87 bits per heavy atom. The molecule has 0 saturated heterocycles. The fourth-order valence-electron chi connectivity index (χ4n) is 6.76. The zero-order valence-corrected chi connectivity index (χ0v) is 36.8. The van der Waals surface area contributed by atoms with Crippen LogP contribution >= 0.6 is 11.7 Å². The van der Waals surface area contributed by atoms with Crippen molar-refractivity contribution in [3.63, 3.8) is 0 Å². The maximum absolute atomic E-state index is 13.6. The van der Waals surface area contributed by atoms with Crippen LogP contribution in [0.2, 0.25) is 0 Å². The van der Waals surface area contributed by atoms with Crippen molar-refractivity contribution < 1.29 is 57.3 Å². The van der Waals surface area contributed by atoms with Crippen molar-refractivity contribution in [2.24, 2.45) is 0 Å². The number of nitrogens with zero attached hydrogens (tertiary/aromatic N) is 2. The largest absolute Gasteiger partial charge is 0.493 e. The Morgan fingerprint density at radius 2 is 1.26 bits per heavy atom. The van der Waals surface area contributed by atoms with Crippen molar-refractivity contribution >= 4 is 40.6 Å². The molecule has 1 unspecified atom stereocenters. The molecule has 0 amide bonds. The normalized spacial score (nSPS) is 15.8. The van der Waals surface area contributed by atoms with Gasteiger partial charge in [-0.15, -0.1) is 0 Å². The Morgan fingerprint density at radius 1 is 0.705 bits per heavy atom.